The van der Waals surface area contributed by atoms with Crippen LogP contribution < -0.4 is 5.32 Å². The number of rotatable bonds is 5. The van der Waals surface area contributed by atoms with E-state index < -0.39 is 6.10 Å². The number of aromatic nitrogens is 1. The van der Waals surface area contributed by atoms with Crippen molar-refractivity contribution in [3.63, 3.8) is 0 Å². The number of hydrogen-bond acceptors (Lipinski definition) is 2. The zero-order valence-electron chi connectivity index (χ0n) is 10.0. The number of nitrogens with zero attached hydrogens (tertiary/aromatic N) is 1. The van der Waals surface area contributed by atoms with Gasteiger partial charge in [0.1, 0.15) is 0 Å². The van der Waals surface area contributed by atoms with Crippen LogP contribution in [0, 0.1) is 0 Å². The molecule has 1 aromatic heterocycles. The summed E-state index contributed by atoms with van der Waals surface area (Å²) in [5.74, 6) is 0. The molecule has 0 spiro atoms. The van der Waals surface area contributed by atoms with E-state index in [4.69, 9.17) is 0 Å². The van der Waals surface area contributed by atoms with Crippen molar-refractivity contribution >= 4 is 0 Å². The fraction of sp³-hybridized carbons (Fsp3) is 0.286. The van der Waals surface area contributed by atoms with Gasteiger partial charge in [-0.15, -0.1) is 0 Å². The van der Waals surface area contributed by atoms with Crippen molar-refractivity contribution in [2.45, 2.75) is 12.6 Å². The number of nitrogens with one attached hydrogen (secondary N) is 1. The molecule has 1 atom stereocenters. The molecular weight excluding hydrogens is 212 g/mol. The van der Waals surface area contributed by atoms with Crippen LogP contribution in [0.15, 0.2) is 48.7 Å². The van der Waals surface area contributed by atoms with E-state index in [1.54, 1.807) is 0 Å². The summed E-state index contributed by atoms with van der Waals surface area (Å²) >= 11 is 0. The largest absolute Gasteiger partial charge is 0.387 e. The Kier molecular flexibility index (Phi) is 3.96. The number of aliphatic hydroxyl groups is 1. The molecule has 0 saturated carbocycles. The molecule has 0 aliphatic rings. The van der Waals surface area contributed by atoms with Gasteiger partial charge in [0.2, 0.25) is 0 Å². The summed E-state index contributed by atoms with van der Waals surface area (Å²) in [6, 6.07) is 13.8. The molecule has 2 aromatic rings. The highest BCUT2D eigenvalue weighted by molar-refractivity contribution is 5.17. The number of benzene rings is 1. The van der Waals surface area contributed by atoms with E-state index in [0.29, 0.717) is 6.54 Å². The van der Waals surface area contributed by atoms with Crippen LogP contribution in [0.2, 0.25) is 0 Å². The third-order valence-corrected chi connectivity index (χ3v) is 2.88. The molecule has 0 unspecified atom stereocenters. The van der Waals surface area contributed by atoms with Gasteiger partial charge in [-0.25, -0.2) is 0 Å². The molecular formula is C14H18N2O. The smallest absolute Gasteiger partial charge is 0.0914 e. The van der Waals surface area contributed by atoms with Crippen molar-refractivity contribution in [1.29, 1.82) is 0 Å². The molecule has 3 heteroatoms. The second-order valence-corrected chi connectivity index (χ2v) is 4.17. The summed E-state index contributed by atoms with van der Waals surface area (Å²) < 4.78 is 2.07. The van der Waals surface area contributed by atoms with Gasteiger partial charge in [0, 0.05) is 32.0 Å². The van der Waals surface area contributed by atoms with Crippen LogP contribution in [0.3, 0.4) is 0 Å². The molecule has 1 heterocycles. The minimum atomic E-state index is -0.448. The Balaban J connectivity index is 1.81. The second kappa shape index (κ2) is 5.66. The average molecular weight is 230 g/mol. The third kappa shape index (κ3) is 3.19. The highest BCUT2D eigenvalue weighted by Gasteiger charge is 2.06. The summed E-state index contributed by atoms with van der Waals surface area (Å²) in [7, 11) is 2.02. The molecule has 2 N–H and O–H groups in total. The summed E-state index contributed by atoms with van der Waals surface area (Å²) in [6.07, 6.45) is 1.57. The average Bonchev–Trinajstić information content (AvgIpc) is 2.76. The first-order chi connectivity index (χ1) is 8.27. The Morgan fingerprint density at radius 2 is 1.94 bits per heavy atom. The first kappa shape index (κ1) is 11.9. The fourth-order valence-electron chi connectivity index (χ4n) is 1.81. The molecule has 0 aliphatic carbocycles. The van der Waals surface area contributed by atoms with Gasteiger partial charge in [-0.2, -0.15) is 0 Å². The Morgan fingerprint density at radius 3 is 2.59 bits per heavy atom. The van der Waals surface area contributed by atoms with Crippen molar-refractivity contribution < 1.29 is 5.11 Å². The zero-order valence-corrected chi connectivity index (χ0v) is 10.0. The minimum Gasteiger partial charge on any atom is -0.387 e. The van der Waals surface area contributed by atoms with Crippen LogP contribution >= 0.6 is 0 Å². The van der Waals surface area contributed by atoms with Gasteiger partial charge >= 0.3 is 0 Å². The Labute approximate surface area is 102 Å². The Hall–Kier alpha value is -1.58. The van der Waals surface area contributed by atoms with Crippen LogP contribution in [-0.4, -0.2) is 16.2 Å². The summed E-state index contributed by atoms with van der Waals surface area (Å²) in [5.41, 5.74) is 2.16. The molecule has 2 rings (SSSR count). The lowest BCUT2D eigenvalue weighted by atomic mass is 10.1. The maximum atomic E-state index is 9.95. The molecule has 1 aromatic carbocycles. The molecule has 0 radical (unpaired) electrons. The highest BCUT2D eigenvalue weighted by atomic mass is 16.3. The molecule has 17 heavy (non-hydrogen) atoms. The van der Waals surface area contributed by atoms with E-state index in [1.165, 1.54) is 5.69 Å². The van der Waals surface area contributed by atoms with Crippen molar-refractivity contribution in [3.8, 4) is 0 Å². The van der Waals surface area contributed by atoms with Crippen molar-refractivity contribution in [1.82, 2.24) is 9.88 Å². The van der Waals surface area contributed by atoms with Crippen LogP contribution in [0.5, 0.6) is 0 Å². The Bertz CT molecular complexity index is 450. The fourth-order valence-corrected chi connectivity index (χ4v) is 1.81. The monoisotopic (exact) mass is 230 g/mol. The minimum absolute atomic E-state index is 0.448. The van der Waals surface area contributed by atoms with Gasteiger partial charge in [-0.05, 0) is 17.7 Å². The van der Waals surface area contributed by atoms with Crippen LogP contribution in [0.25, 0.3) is 0 Å². The van der Waals surface area contributed by atoms with Gasteiger partial charge in [-0.1, -0.05) is 30.3 Å². The second-order valence-electron chi connectivity index (χ2n) is 4.17. The molecule has 0 amide bonds. The topological polar surface area (TPSA) is 37.2 Å². The predicted molar refractivity (Wildman–Crippen MR) is 68.5 cm³/mol. The van der Waals surface area contributed by atoms with Crippen LogP contribution in [-0.2, 0) is 13.6 Å². The highest BCUT2D eigenvalue weighted by Crippen LogP contribution is 2.10. The Morgan fingerprint density at radius 1 is 1.18 bits per heavy atom. The van der Waals surface area contributed by atoms with E-state index in [9.17, 15) is 5.11 Å². The van der Waals surface area contributed by atoms with Crippen molar-refractivity contribution in [2.24, 2.45) is 7.05 Å². The van der Waals surface area contributed by atoms with Crippen molar-refractivity contribution in [3.05, 3.63) is 59.9 Å². The summed E-state index contributed by atoms with van der Waals surface area (Å²) in [6.45, 7) is 1.34. The van der Waals surface area contributed by atoms with Crippen LogP contribution in [0.1, 0.15) is 17.4 Å². The number of hydrogen-bond donors (Lipinski definition) is 2. The maximum Gasteiger partial charge on any atom is 0.0914 e. The molecule has 3 nitrogen and oxygen atoms in total. The lowest BCUT2D eigenvalue weighted by Gasteiger charge is -2.12. The molecule has 90 valence electrons. The van der Waals surface area contributed by atoms with E-state index in [2.05, 4.69) is 16.0 Å². The lowest BCUT2D eigenvalue weighted by Crippen LogP contribution is -2.22. The van der Waals surface area contributed by atoms with E-state index in [-0.39, 0.29) is 0 Å². The molecule has 0 aliphatic heterocycles. The van der Waals surface area contributed by atoms with Crippen molar-refractivity contribution in [2.75, 3.05) is 6.54 Å². The summed E-state index contributed by atoms with van der Waals surface area (Å²) in [4.78, 5) is 0. The number of aryl methyl sites for hydroxylation is 1. The third-order valence-electron chi connectivity index (χ3n) is 2.88. The first-order valence-corrected chi connectivity index (χ1v) is 5.81. The molecule has 0 saturated heterocycles. The lowest BCUT2D eigenvalue weighted by molar-refractivity contribution is 0.174. The van der Waals surface area contributed by atoms with Gasteiger partial charge in [0.15, 0.2) is 0 Å². The van der Waals surface area contributed by atoms with Crippen LogP contribution in [0.4, 0.5) is 0 Å². The van der Waals surface area contributed by atoms with Gasteiger partial charge in [-0.3, -0.25) is 0 Å². The van der Waals surface area contributed by atoms with Gasteiger partial charge < -0.3 is 15.0 Å². The molecule has 0 fully saturated rings. The molecule has 0 bridgehead atoms. The van der Waals surface area contributed by atoms with E-state index in [1.807, 2.05) is 49.6 Å². The standard InChI is InChI=1S/C14H18N2O/c1-16-9-5-8-13(16)10-15-11-14(17)12-6-3-2-4-7-12/h2-9,14-15,17H,10-11H2,1H3/t14-/m0/s1. The first-order valence-electron chi connectivity index (χ1n) is 5.81. The summed E-state index contributed by atoms with van der Waals surface area (Å²) in [5, 5.41) is 13.2. The zero-order chi connectivity index (χ0) is 12.1. The predicted octanol–water partition coefficient (Wildman–Crippen LogP) is 1.85. The normalized spacial score (nSPS) is 12.6. The SMILES string of the molecule is Cn1cccc1CNC[C@H](O)c1ccccc1. The van der Waals surface area contributed by atoms with Gasteiger partial charge in [0.05, 0.1) is 6.10 Å². The van der Waals surface area contributed by atoms with E-state index in [0.717, 1.165) is 12.1 Å². The van der Waals surface area contributed by atoms with Gasteiger partial charge in [0.25, 0.3) is 0 Å². The quantitative estimate of drug-likeness (QED) is 0.822. The maximum absolute atomic E-state index is 9.95. The number of aliphatic hydroxyl groups excluding tert-OH is 1. The van der Waals surface area contributed by atoms with E-state index >= 15 is 0 Å².